The zero-order valence-electron chi connectivity index (χ0n) is 17.0. The number of hydrogen-bond donors (Lipinski definition) is 2. The predicted molar refractivity (Wildman–Crippen MR) is 126 cm³/mol. The molecule has 30 heavy (non-hydrogen) atoms. The van der Waals surface area contributed by atoms with E-state index in [0.717, 1.165) is 16.0 Å². The predicted octanol–water partition coefficient (Wildman–Crippen LogP) is 6.33. The normalized spacial score (nSPS) is 11.6. The van der Waals surface area contributed by atoms with E-state index >= 15 is 0 Å². The monoisotopic (exact) mass is 438 g/mol. The van der Waals surface area contributed by atoms with E-state index in [9.17, 15) is 9.59 Å². The Balaban J connectivity index is 1.64. The maximum atomic E-state index is 12.6. The zero-order valence-corrected chi connectivity index (χ0v) is 18.6. The largest absolute Gasteiger partial charge is 0.325 e. The molecule has 0 heterocycles. The highest BCUT2D eigenvalue weighted by atomic mass is 35.5. The number of amides is 2. The molecule has 0 fully saturated rings. The van der Waals surface area contributed by atoms with Crippen molar-refractivity contribution >= 4 is 46.6 Å². The van der Waals surface area contributed by atoms with Crippen LogP contribution in [-0.2, 0) is 4.79 Å². The molecule has 6 heteroatoms. The van der Waals surface area contributed by atoms with Gasteiger partial charge in [0.1, 0.15) is 0 Å². The molecule has 4 nitrogen and oxygen atoms in total. The smallest absolute Gasteiger partial charge is 0.255 e. The molecular weight excluding hydrogens is 416 g/mol. The van der Waals surface area contributed by atoms with Gasteiger partial charge >= 0.3 is 0 Å². The summed E-state index contributed by atoms with van der Waals surface area (Å²) in [5.41, 5.74) is 3.87. The fraction of sp³-hybridized carbons (Fsp3) is 0.167. The molecule has 0 bridgehead atoms. The molecule has 1 atom stereocenters. The van der Waals surface area contributed by atoms with Gasteiger partial charge in [-0.1, -0.05) is 41.9 Å². The van der Waals surface area contributed by atoms with Crippen molar-refractivity contribution in [3.8, 4) is 0 Å². The molecular formula is C24H23ClN2O2S. The maximum Gasteiger partial charge on any atom is 0.255 e. The molecule has 0 spiro atoms. The summed E-state index contributed by atoms with van der Waals surface area (Å²) in [5, 5.41) is 6.11. The number of carbonyl (C=O) groups is 2. The number of nitrogens with one attached hydrogen (secondary N) is 2. The van der Waals surface area contributed by atoms with E-state index in [-0.39, 0.29) is 17.1 Å². The van der Waals surface area contributed by atoms with E-state index in [1.165, 1.54) is 11.8 Å². The van der Waals surface area contributed by atoms with Gasteiger partial charge in [-0.05, 0) is 68.3 Å². The van der Waals surface area contributed by atoms with Crippen molar-refractivity contribution in [3.63, 3.8) is 0 Å². The second-order valence-corrected chi connectivity index (χ2v) is 8.83. The minimum Gasteiger partial charge on any atom is -0.325 e. The van der Waals surface area contributed by atoms with E-state index in [1.807, 2.05) is 75.4 Å². The first-order valence-electron chi connectivity index (χ1n) is 9.54. The van der Waals surface area contributed by atoms with Gasteiger partial charge in [-0.2, -0.15) is 0 Å². The number of benzene rings is 3. The number of anilines is 2. The lowest BCUT2D eigenvalue weighted by atomic mass is 10.1. The van der Waals surface area contributed by atoms with Gasteiger partial charge in [0.15, 0.2) is 0 Å². The van der Waals surface area contributed by atoms with Crippen LogP contribution in [0.1, 0.15) is 28.4 Å². The second-order valence-electron chi connectivity index (χ2n) is 7.01. The Labute approximate surface area is 186 Å². The Bertz CT molecular complexity index is 1080. The van der Waals surface area contributed by atoms with Crippen molar-refractivity contribution in [1.29, 1.82) is 0 Å². The fourth-order valence-corrected chi connectivity index (χ4v) is 3.95. The second kappa shape index (κ2) is 9.83. The molecule has 2 N–H and O–H groups in total. The molecule has 3 aromatic carbocycles. The lowest BCUT2D eigenvalue weighted by molar-refractivity contribution is -0.115. The average Bonchev–Trinajstić information content (AvgIpc) is 2.71. The molecule has 0 aliphatic heterocycles. The van der Waals surface area contributed by atoms with Crippen LogP contribution in [0.3, 0.4) is 0 Å². The maximum absolute atomic E-state index is 12.6. The third-order valence-electron chi connectivity index (χ3n) is 4.60. The van der Waals surface area contributed by atoms with Gasteiger partial charge in [0.2, 0.25) is 5.91 Å². The zero-order chi connectivity index (χ0) is 21.7. The minimum absolute atomic E-state index is 0.116. The van der Waals surface area contributed by atoms with Gasteiger partial charge in [0.25, 0.3) is 5.91 Å². The molecule has 3 aromatic rings. The number of carbonyl (C=O) groups excluding carboxylic acids is 2. The molecule has 1 unspecified atom stereocenters. The molecule has 0 saturated carbocycles. The van der Waals surface area contributed by atoms with Crippen LogP contribution in [-0.4, -0.2) is 17.1 Å². The molecule has 3 rings (SSSR count). The van der Waals surface area contributed by atoms with Gasteiger partial charge in [-0.15, -0.1) is 11.8 Å². The topological polar surface area (TPSA) is 58.2 Å². The summed E-state index contributed by atoms with van der Waals surface area (Å²) in [7, 11) is 0. The Hall–Kier alpha value is -2.76. The molecule has 0 saturated heterocycles. The molecule has 154 valence electrons. The van der Waals surface area contributed by atoms with Crippen LogP contribution in [0, 0.1) is 13.8 Å². The molecule has 0 radical (unpaired) electrons. The summed E-state index contributed by atoms with van der Waals surface area (Å²) >= 11 is 7.55. The number of hydrogen-bond acceptors (Lipinski definition) is 3. The summed E-state index contributed by atoms with van der Waals surface area (Å²) in [6, 6.07) is 20.4. The highest BCUT2D eigenvalue weighted by molar-refractivity contribution is 8.00. The van der Waals surface area contributed by atoms with Crippen molar-refractivity contribution < 1.29 is 9.59 Å². The van der Waals surface area contributed by atoms with E-state index in [1.54, 1.807) is 12.1 Å². The van der Waals surface area contributed by atoms with Gasteiger partial charge in [0, 0.05) is 26.9 Å². The fourth-order valence-electron chi connectivity index (χ4n) is 2.85. The summed E-state index contributed by atoms with van der Waals surface area (Å²) in [6.07, 6.45) is 0. The van der Waals surface area contributed by atoms with E-state index in [4.69, 9.17) is 11.6 Å². The standard InChI is InChI=1S/C24H23ClN2O2S/c1-15-7-4-5-10-21(15)24(29)27-18-8-6-9-20(13-18)30-17(3)23(28)26-19-12-11-16(2)22(25)14-19/h4-14,17H,1-3H3,(H,26,28)(H,27,29). The Morgan fingerprint density at radius 3 is 2.33 bits per heavy atom. The number of rotatable bonds is 6. The lowest BCUT2D eigenvalue weighted by Crippen LogP contribution is -2.22. The average molecular weight is 439 g/mol. The van der Waals surface area contributed by atoms with Crippen molar-refractivity contribution in [2.24, 2.45) is 0 Å². The molecule has 0 aliphatic rings. The first-order chi connectivity index (χ1) is 14.3. The van der Waals surface area contributed by atoms with Crippen LogP contribution in [0.2, 0.25) is 5.02 Å². The van der Waals surface area contributed by atoms with Crippen LogP contribution in [0.4, 0.5) is 11.4 Å². The van der Waals surface area contributed by atoms with Crippen molar-refractivity contribution in [3.05, 3.63) is 88.4 Å². The van der Waals surface area contributed by atoms with E-state index < -0.39 is 0 Å². The highest BCUT2D eigenvalue weighted by Crippen LogP contribution is 2.27. The van der Waals surface area contributed by atoms with Crippen LogP contribution < -0.4 is 10.6 Å². The number of aryl methyl sites for hydroxylation is 2. The van der Waals surface area contributed by atoms with Gasteiger partial charge < -0.3 is 10.6 Å². The Morgan fingerprint density at radius 1 is 0.867 bits per heavy atom. The SMILES string of the molecule is Cc1ccc(NC(=O)C(C)Sc2cccc(NC(=O)c3ccccc3C)c2)cc1Cl. The summed E-state index contributed by atoms with van der Waals surface area (Å²) in [5.74, 6) is -0.272. The van der Waals surface area contributed by atoms with Crippen molar-refractivity contribution in [2.75, 3.05) is 10.6 Å². The van der Waals surface area contributed by atoms with Crippen molar-refractivity contribution in [1.82, 2.24) is 0 Å². The van der Waals surface area contributed by atoms with Gasteiger partial charge in [0.05, 0.1) is 5.25 Å². The first-order valence-corrected chi connectivity index (χ1v) is 10.8. The Morgan fingerprint density at radius 2 is 1.60 bits per heavy atom. The third-order valence-corrected chi connectivity index (χ3v) is 6.10. The van der Waals surface area contributed by atoms with Crippen LogP contribution in [0.25, 0.3) is 0 Å². The summed E-state index contributed by atoms with van der Waals surface area (Å²) in [4.78, 5) is 26.0. The first kappa shape index (κ1) is 21.9. The lowest BCUT2D eigenvalue weighted by Gasteiger charge is -2.14. The molecule has 0 aromatic heterocycles. The van der Waals surface area contributed by atoms with E-state index in [0.29, 0.717) is 22.0 Å². The van der Waals surface area contributed by atoms with Crippen LogP contribution in [0.15, 0.2) is 71.6 Å². The van der Waals surface area contributed by atoms with Gasteiger partial charge in [-0.3, -0.25) is 9.59 Å². The Kier molecular flexibility index (Phi) is 7.19. The minimum atomic E-state index is -0.326. The van der Waals surface area contributed by atoms with Crippen molar-refractivity contribution in [2.45, 2.75) is 30.9 Å². The van der Waals surface area contributed by atoms with Crippen LogP contribution >= 0.6 is 23.4 Å². The summed E-state index contributed by atoms with van der Waals surface area (Å²) in [6.45, 7) is 5.66. The molecule has 0 aliphatic carbocycles. The van der Waals surface area contributed by atoms with E-state index in [2.05, 4.69) is 10.6 Å². The quantitative estimate of drug-likeness (QED) is 0.442. The molecule has 2 amide bonds. The van der Waals surface area contributed by atoms with Gasteiger partial charge in [-0.25, -0.2) is 0 Å². The van der Waals surface area contributed by atoms with Crippen LogP contribution in [0.5, 0.6) is 0 Å². The number of thioether (sulfide) groups is 1. The third kappa shape index (κ3) is 5.65. The summed E-state index contributed by atoms with van der Waals surface area (Å²) < 4.78 is 0. The highest BCUT2D eigenvalue weighted by Gasteiger charge is 2.16. The number of halogens is 1.